The molecule has 1 aliphatic heterocycles. The molecule has 29 heavy (non-hydrogen) atoms. The fraction of sp³-hybridized carbons (Fsp3) is 0.400. The van der Waals surface area contributed by atoms with E-state index in [9.17, 15) is 18.0 Å². The third-order valence-electron chi connectivity index (χ3n) is 4.72. The molecule has 1 amide bonds. The number of ether oxygens (including phenoxy) is 1. The van der Waals surface area contributed by atoms with E-state index in [1.54, 1.807) is 24.0 Å². The standard InChI is InChI=1S/C20H24N2O6S/c1-15(19(23)22-11-3-2-4-12-22)28-20(24)16-7-9-18(10-8-16)29(25,26)21-14-17-6-5-13-27-17/h5-10,13,15,21H,2-4,11-12,14H2,1H3/t15-/m1/s1. The van der Waals surface area contributed by atoms with Gasteiger partial charge in [-0.25, -0.2) is 17.9 Å². The molecule has 0 radical (unpaired) electrons. The number of rotatable bonds is 7. The minimum Gasteiger partial charge on any atom is -0.468 e. The predicted octanol–water partition coefficient (Wildman–Crippen LogP) is 2.32. The Hall–Kier alpha value is -2.65. The second-order valence-corrected chi connectivity index (χ2v) is 8.63. The van der Waals surface area contributed by atoms with Gasteiger partial charge in [0.05, 0.1) is 23.3 Å². The number of hydrogen-bond donors (Lipinski definition) is 1. The van der Waals surface area contributed by atoms with Gasteiger partial charge in [0.25, 0.3) is 5.91 Å². The van der Waals surface area contributed by atoms with Crippen LogP contribution in [0.2, 0.25) is 0 Å². The van der Waals surface area contributed by atoms with Crippen molar-refractivity contribution in [1.82, 2.24) is 9.62 Å². The molecular formula is C20H24N2O6S. The molecule has 156 valence electrons. The summed E-state index contributed by atoms with van der Waals surface area (Å²) in [5.41, 5.74) is 0.174. The van der Waals surface area contributed by atoms with Crippen LogP contribution in [0.25, 0.3) is 0 Å². The third kappa shape index (κ3) is 5.45. The van der Waals surface area contributed by atoms with Crippen LogP contribution in [-0.4, -0.2) is 44.4 Å². The van der Waals surface area contributed by atoms with Gasteiger partial charge < -0.3 is 14.1 Å². The fourth-order valence-electron chi connectivity index (χ4n) is 3.08. The molecule has 0 spiro atoms. The first-order valence-corrected chi connectivity index (χ1v) is 11.0. The van der Waals surface area contributed by atoms with Gasteiger partial charge in [0.2, 0.25) is 10.0 Å². The van der Waals surface area contributed by atoms with Crippen LogP contribution >= 0.6 is 0 Å². The molecule has 1 aromatic carbocycles. The Labute approximate surface area is 169 Å². The molecule has 2 aromatic rings. The van der Waals surface area contributed by atoms with Gasteiger partial charge in [-0.05, 0) is 62.6 Å². The second kappa shape index (κ2) is 9.23. The largest absolute Gasteiger partial charge is 0.468 e. The Morgan fingerprint density at radius 2 is 1.83 bits per heavy atom. The average molecular weight is 420 g/mol. The SMILES string of the molecule is C[C@@H](OC(=O)c1ccc(S(=O)(=O)NCc2ccco2)cc1)C(=O)N1CCCCC1. The lowest BCUT2D eigenvalue weighted by Crippen LogP contribution is -2.42. The monoisotopic (exact) mass is 420 g/mol. The normalized spacial score (nSPS) is 15.7. The third-order valence-corrected chi connectivity index (χ3v) is 6.13. The van der Waals surface area contributed by atoms with E-state index >= 15 is 0 Å². The first kappa shape index (κ1) is 21.1. The van der Waals surface area contributed by atoms with Crippen LogP contribution in [-0.2, 0) is 26.1 Å². The molecule has 1 fully saturated rings. The fourth-order valence-corrected chi connectivity index (χ4v) is 4.08. The lowest BCUT2D eigenvalue weighted by Gasteiger charge is -2.28. The zero-order valence-electron chi connectivity index (χ0n) is 16.2. The quantitative estimate of drug-likeness (QED) is 0.689. The van der Waals surface area contributed by atoms with Crippen LogP contribution in [0.4, 0.5) is 0 Å². The number of esters is 1. The number of sulfonamides is 1. The van der Waals surface area contributed by atoms with Crippen molar-refractivity contribution in [2.24, 2.45) is 0 Å². The summed E-state index contributed by atoms with van der Waals surface area (Å²) in [5, 5.41) is 0. The molecule has 0 aliphatic carbocycles. The van der Waals surface area contributed by atoms with Crippen LogP contribution in [0.5, 0.6) is 0 Å². The van der Waals surface area contributed by atoms with E-state index in [0.717, 1.165) is 19.3 Å². The summed E-state index contributed by atoms with van der Waals surface area (Å²) in [4.78, 5) is 26.4. The maximum Gasteiger partial charge on any atom is 0.338 e. The van der Waals surface area contributed by atoms with Crippen molar-refractivity contribution in [2.45, 2.75) is 43.7 Å². The second-order valence-electron chi connectivity index (χ2n) is 6.86. The van der Waals surface area contributed by atoms with E-state index in [4.69, 9.17) is 9.15 Å². The highest BCUT2D eigenvalue weighted by Gasteiger charge is 2.25. The molecule has 8 nitrogen and oxygen atoms in total. The van der Waals surface area contributed by atoms with Crippen molar-refractivity contribution < 1.29 is 27.2 Å². The van der Waals surface area contributed by atoms with Gasteiger partial charge in [0, 0.05) is 13.1 Å². The molecule has 1 aliphatic rings. The predicted molar refractivity (Wildman–Crippen MR) is 104 cm³/mol. The van der Waals surface area contributed by atoms with Gasteiger partial charge in [-0.1, -0.05) is 0 Å². The summed E-state index contributed by atoms with van der Waals surface area (Å²) >= 11 is 0. The number of likely N-dealkylation sites (tertiary alicyclic amines) is 1. The summed E-state index contributed by atoms with van der Waals surface area (Å²) in [7, 11) is -3.75. The van der Waals surface area contributed by atoms with Crippen molar-refractivity contribution in [3.05, 3.63) is 54.0 Å². The zero-order valence-corrected chi connectivity index (χ0v) is 17.0. The van der Waals surface area contributed by atoms with Crippen molar-refractivity contribution in [1.29, 1.82) is 0 Å². The van der Waals surface area contributed by atoms with E-state index in [-0.39, 0.29) is 22.9 Å². The smallest absolute Gasteiger partial charge is 0.338 e. The molecule has 1 saturated heterocycles. The molecule has 0 saturated carbocycles. The van der Waals surface area contributed by atoms with Crippen LogP contribution in [0.15, 0.2) is 52.0 Å². The maximum absolute atomic E-state index is 12.4. The van der Waals surface area contributed by atoms with Crippen molar-refractivity contribution in [2.75, 3.05) is 13.1 Å². The highest BCUT2D eigenvalue weighted by molar-refractivity contribution is 7.89. The van der Waals surface area contributed by atoms with Crippen molar-refractivity contribution >= 4 is 21.9 Å². The topological polar surface area (TPSA) is 106 Å². The zero-order chi connectivity index (χ0) is 20.9. The van der Waals surface area contributed by atoms with E-state index in [0.29, 0.717) is 18.8 Å². The van der Waals surface area contributed by atoms with Gasteiger partial charge >= 0.3 is 5.97 Å². The first-order valence-electron chi connectivity index (χ1n) is 9.49. The van der Waals surface area contributed by atoms with Crippen LogP contribution < -0.4 is 4.72 Å². The molecule has 0 unspecified atom stereocenters. The highest BCUT2D eigenvalue weighted by Crippen LogP contribution is 2.15. The van der Waals surface area contributed by atoms with Gasteiger partial charge in [-0.15, -0.1) is 0 Å². The van der Waals surface area contributed by atoms with Crippen LogP contribution in [0.3, 0.4) is 0 Å². The lowest BCUT2D eigenvalue weighted by atomic mass is 10.1. The highest BCUT2D eigenvalue weighted by atomic mass is 32.2. The summed E-state index contributed by atoms with van der Waals surface area (Å²) in [6.45, 7) is 2.93. The average Bonchev–Trinajstić information content (AvgIpc) is 3.26. The number of hydrogen-bond acceptors (Lipinski definition) is 6. The summed E-state index contributed by atoms with van der Waals surface area (Å²) < 4.78 is 37.4. The minimum absolute atomic E-state index is 0.0121. The van der Waals surface area contributed by atoms with Crippen LogP contribution in [0, 0.1) is 0 Å². The number of nitrogens with one attached hydrogen (secondary N) is 1. The van der Waals surface area contributed by atoms with Gasteiger partial charge in [-0.2, -0.15) is 0 Å². The van der Waals surface area contributed by atoms with E-state index in [1.807, 2.05) is 0 Å². The number of carbonyl (C=O) groups excluding carboxylic acids is 2. The summed E-state index contributed by atoms with van der Waals surface area (Å²) in [5.74, 6) is -0.393. The Bertz CT molecular complexity index is 932. The Morgan fingerprint density at radius 3 is 2.45 bits per heavy atom. The summed E-state index contributed by atoms with van der Waals surface area (Å²) in [6, 6.07) is 8.69. The number of nitrogens with zero attached hydrogens (tertiary/aromatic N) is 1. The Kier molecular flexibility index (Phi) is 6.71. The molecule has 1 N–H and O–H groups in total. The Balaban J connectivity index is 1.58. The number of carbonyl (C=O) groups is 2. The molecule has 2 heterocycles. The number of furan rings is 1. The number of benzene rings is 1. The summed E-state index contributed by atoms with van der Waals surface area (Å²) in [6.07, 6.45) is 3.58. The molecule has 1 aromatic heterocycles. The molecule has 9 heteroatoms. The molecule has 0 bridgehead atoms. The lowest BCUT2D eigenvalue weighted by molar-refractivity contribution is -0.140. The Morgan fingerprint density at radius 1 is 1.14 bits per heavy atom. The molecule has 3 rings (SSSR count). The number of amides is 1. The van der Waals surface area contributed by atoms with Gasteiger partial charge in [-0.3, -0.25) is 4.79 Å². The van der Waals surface area contributed by atoms with E-state index < -0.39 is 22.1 Å². The van der Waals surface area contributed by atoms with Crippen LogP contribution in [0.1, 0.15) is 42.3 Å². The number of piperidine rings is 1. The minimum atomic E-state index is -3.75. The van der Waals surface area contributed by atoms with Crippen molar-refractivity contribution in [3.63, 3.8) is 0 Å². The van der Waals surface area contributed by atoms with Gasteiger partial charge in [0.15, 0.2) is 6.10 Å². The van der Waals surface area contributed by atoms with Gasteiger partial charge in [0.1, 0.15) is 5.76 Å². The van der Waals surface area contributed by atoms with E-state index in [2.05, 4.69) is 4.72 Å². The van der Waals surface area contributed by atoms with E-state index in [1.165, 1.54) is 30.5 Å². The maximum atomic E-state index is 12.4. The van der Waals surface area contributed by atoms with Crippen molar-refractivity contribution in [3.8, 4) is 0 Å². The molecular weight excluding hydrogens is 396 g/mol. The molecule has 1 atom stereocenters. The first-order chi connectivity index (χ1) is 13.9.